The third-order valence-electron chi connectivity index (χ3n) is 2.06. The van der Waals surface area contributed by atoms with Gasteiger partial charge in [0.15, 0.2) is 0 Å². The standard InChI is InChI=1S/C12H16Cl2N2OS/c1-8(15)7-18-5-4-12(17)16-11-6-9(13)2-3-10(11)14/h2-3,6,8H,4-5,7,15H2,1H3,(H,16,17). The lowest BCUT2D eigenvalue weighted by atomic mass is 10.3. The molecule has 1 rings (SSSR count). The molecule has 6 heteroatoms. The first-order valence-electron chi connectivity index (χ1n) is 5.57. The van der Waals surface area contributed by atoms with Gasteiger partial charge in [0.1, 0.15) is 0 Å². The first-order valence-corrected chi connectivity index (χ1v) is 7.48. The fourth-order valence-electron chi connectivity index (χ4n) is 1.24. The van der Waals surface area contributed by atoms with E-state index in [-0.39, 0.29) is 11.9 Å². The van der Waals surface area contributed by atoms with E-state index >= 15 is 0 Å². The van der Waals surface area contributed by atoms with Gasteiger partial charge in [-0.3, -0.25) is 4.79 Å². The van der Waals surface area contributed by atoms with E-state index in [2.05, 4.69) is 5.32 Å². The van der Waals surface area contributed by atoms with Crippen molar-refractivity contribution in [2.24, 2.45) is 5.73 Å². The molecule has 0 aliphatic carbocycles. The molecule has 0 fully saturated rings. The van der Waals surface area contributed by atoms with E-state index in [1.54, 1.807) is 30.0 Å². The summed E-state index contributed by atoms with van der Waals surface area (Å²) < 4.78 is 0. The number of rotatable bonds is 6. The average Bonchev–Trinajstić information content (AvgIpc) is 2.29. The zero-order chi connectivity index (χ0) is 13.5. The van der Waals surface area contributed by atoms with Crippen LogP contribution in [0.1, 0.15) is 13.3 Å². The van der Waals surface area contributed by atoms with Crippen molar-refractivity contribution in [2.75, 3.05) is 16.8 Å². The molecule has 0 saturated carbocycles. The molecule has 0 radical (unpaired) electrons. The van der Waals surface area contributed by atoms with Crippen LogP contribution in [0.5, 0.6) is 0 Å². The van der Waals surface area contributed by atoms with Crippen LogP contribution in [0.15, 0.2) is 18.2 Å². The molecule has 1 aromatic carbocycles. The Morgan fingerprint density at radius 2 is 2.22 bits per heavy atom. The summed E-state index contributed by atoms with van der Waals surface area (Å²) in [5.41, 5.74) is 6.16. The van der Waals surface area contributed by atoms with Gasteiger partial charge in [-0.1, -0.05) is 23.2 Å². The van der Waals surface area contributed by atoms with Gasteiger partial charge in [-0.05, 0) is 25.1 Å². The number of benzene rings is 1. The topological polar surface area (TPSA) is 55.1 Å². The van der Waals surface area contributed by atoms with Gasteiger partial charge in [-0.2, -0.15) is 11.8 Å². The molecule has 3 N–H and O–H groups in total. The predicted octanol–water partition coefficient (Wildman–Crippen LogP) is 3.40. The zero-order valence-corrected chi connectivity index (χ0v) is 12.4. The maximum absolute atomic E-state index is 11.7. The van der Waals surface area contributed by atoms with Crippen LogP contribution in [-0.2, 0) is 4.79 Å². The van der Waals surface area contributed by atoms with Crippen LogP contribution in [0, 0.1) is 0 Å². The van der Waals surface area contributed by atoms with E-state index in [9.17, 15) is 4.79 Å². The lowest BCUT2D eigenvalue weighted by molar-refractivity contribution is -0.115. The summed E-state index contributed by atoms with van der Waals surface area (Å²) >= 11 is 13.4. The number of halogens is 2. The minimum atomic E-state index is -0.0728. The quantitative estimate of drug-likeness (QED) is 0.792. The van der Waals surface area contributed by atoms with Crippen molar-refractivity contribution in [2.45, 2.75) is 19.4 Å². The fraction of sp³-hybridized carbons (Fsp3) is 0.417. The molecule has 0 heterocycles. The van der Waals surface area contributed by atoms with Crippen molar-refractivity contribution in [3.8, 4) is 0 Å². The van der Waals surface area contributed by atoms with E-state index in [4.69, 9.17) is 28.9 Å². The summed E-state index contributed by atoms with van der Waals surface area (Å²) in [5.74, 6) is 1.52. The van der Waals surface area contributed by atoms with Gasteiger partial charge < -0.3 is 11.1 Å². The number of nitrogens with one attached hydrogen (secondary N) is 1. The van der Waals surface area contributed by atoms with Crippen LogP contribution in [0.25, 0.3) is 0 Å². The van der Waals surface area contributed by atoms with E-state index in [0.29, 0.717) is 22.2 Å². The number of hydrogen-bond acceptors (Lipinski definition) is 3. The Morgan fingerprint density at radius 1 is 1.50 bits per heavy atom. The molecule has 0 aliphatic rings. The molecular formula is C12H16Cl2N2OS. The second kappa shape index (κ2) is 7.89. The Kier molecular flexibility index (Phi) is 6.86. The van der Waals surface area contributed by atoms with Gasteiger partial charge in [0, 0.05) is 29.0 Å². The summed E-state index contributed by atoms with van der Waals surface area (Å²) in [6, 6.07) is 5.12. The minimum absolute atomic E-state index is 0.0728. The Hall–Kier alpha value is -0.420. The normalized spacial score (nSPS) is 12.2. The summed E-state index contributed by atoms with van der Waals surface area (Å²) in [6.45, 7) is 1.94. The van der Waals surface area contributed by atoms with Gasteiger partial charge in [0.05, 0.1) is 10.7 Å². The Bertz CT molecular complexity index is 413. The molecule has 0 aliphatic heterocycles. The van der Waals surface area contributed by atoms with Gasteiger partial charge in [-0.25, -0.2) is 0 Å². The third kappa shape index (κ3) is 5.96. The zero-order valence-electron chi connectivity index (χ0n) is 10.1. The molecule has 0 aromatic heterocycles. The first-order chi connectivity index (χ1) is 8.49. The molecule has 1 aromatic rings. The number of anilines is 1. The molecule has 1 amide bonds. The van der Waals surface area contributed by atoms with Crippen molar-refractivity contribution in [3.63, 3.8) is 0 Å². The van der Waals surface area contributed by atoms with Crippen LogP contribution in [0.3, 0.4) is 0 Å². The molecule has 0 spiro atoms. The molecule has 3 nitrogen and oxygen atoms in total. The second-order valence-electron chi connectivity index (χ2n) is 3.97. The number of nitrogens with two attached hydrogens (primary N) is 1. The lowest BCUT2D eigenvalue weighted by Gasteiger charge is -2.08. The van der Waals surface area contributed by atoms with Crippen LogP contribution >= 0.6 is 35.0 Å². The monoisotopic (exact) mass is 306 g/mol. The average molecular weight is 307 g/mol. The molecule has 18 heavy (non-hydrogen) atoms. The molecule has 1 unspecified atom stereocenters. The Morgan fingerprint density at radius 3 is 2.89 bits per heavy atom. The number of amides is 1. The maximum atomic E-state index is 11.7. The van der Waals surface area contributed by atoms with Crippen LogP contribution in [0.4, 0.5) is 5.69 Å². The SMILES string of the molecule is CC(N)CSCCC(=O)Nc1cc(Cl)ccc1Cl. The maximum Gasteiger partial charge on any atom is 0.225 e. The Balaban J connectivity index is 2.38. The largest absolute Gasteiger partial charge is 0.327 e. The molecular weight excluding hydrogens is 291 g/mol. The summed E-state index contributed by atoms with van der Waals surface area (Å²) in [5, 5.41) is 3.76. The molecule has 100 valence electrons. The van der Waals surface area contributed by atoms with Crippen LogP contribution in [0.2, 0.25) is 10.0 Å². The van der Waals surface area contributed by atoms with E-state index in [0.717, 1.165) is 11.5 Å². The highest BCUT2D eigenvalue weighted by molar-refractivity contribution is 7.99. The van der Waals surface area contributed by atoms with E-state index < -0.39 is 0 Å². The van der Waals surface area contributed by atoms with Crippen LogP contribution < -0.4 is 11.1 Å². The van der Waals surface area contributed by atoms with Crippen molar-refractivity contribution in [3.05, 3.63) is 28.2 Å². The van der Waals surface area contributed by atoms with Gasteiger partial charge in [-0.15, -0.1) is 0 Å². The highest BCUT2D eigenvalue weighted by Crippen LogP contribution is 2.25. The van der Waals surface area contributed by atoms with E-state index in [1.165, 1.54) is 0 Å². The molecule has 0 bridgehead atoms. The lowest BCUT2D eigenvalue weighted by Crippen LogP contribution is -2.18. The third-order valence-corrected chi connectivity index (χ3v) is 3.88. The smallest absolute Gasteiger partial charge is 0.225 e. The van der Waals surface area contributed by atoms with Crippen molar-refractivity contribution in [1.29, 1.82) is 0 Å². The van der Waals surface area contributed by atoms with Gasteiger partial charge >= 0.3 is 0 Å². The highest BCUT2D eigenvalue weighted by atomic mass is 35.5. The molecule has 1 atom stereocenters. The number of carbonyl (C=O) groups excluding carboxylic acids is 1. The minimum Gasteiger partial charge on any atom is -0.327 e. The summed E-state index contributed by atoms with van der Waals surface area (Å²) in [7, 11) is 0. The number of carbonyl (C=O) groups is 1. The summed E-state index contributed by atoms with van der Waals surface area (Å²) in [6.07, 6.45) is 0.431. The molecule has 0 saturated heterocycles. The van der Waals surface area contributed by atoms with Crippen molar-refractivity contribution in [1.82, 2.24) is 0 Å². The number of thioether (sulfide) groups is 1. The highest BCUT2D eigenvalue weighted by Gasteiger charge is 2.06. The van der Waals surface area contributed by atoms with E-state index in [1.807, 2.05) is 6.92 Å². The Labute approximate surface area is 121 Å². The van der Waals surface area contributed by atoms with Gasteiger partial charge in [0.2, 0.25) is 5.91 Å². The van der Waals surface area contributed by atoms with Crippen molar-refractivity contribution >= 4 is 46.6 Å². The first kappa shape index (κ1) is 15.6. The predicted molar refractivity (Wildman–Crippen MR) is 80.7 cm³/mol. The number of hydrogen-bond donors (Lipinski definition) is 2. The second-order valence-corrected chi connectivity index (χ2v) is 5.97. The van der Waals surface area contributed by atoms with Gasteiger partial charge in [0.25, 0.3) is 0 Å². The fourth-order valence-corrected chi connectivity index (χ4v) is 2.45. The van der Waals surface area contributed by atoms with Crippen molar-refractivity contribution < 1.29 is 4.79 Å². The van der Waals surface area contributed by atoms with Crippen LogP contribution in [-0.4, -0.2) is 23.5 Å². The summed E-state index contributed by atoms with van der Waals surface area (Å²) in [4.78, 5) is 11.7.